The Morgan fingerprint density at radius 2 is 1.61 bits per heavy atom. The van der Waals surface area contributed by atoms with E-state index in [2.05, 4.69) is 57.3 Å². The molecule has 0 aliphatic heterocycles. The summed E-state index contributed by atoms with van der Waals surface area (Å²) in [5.74, 6) is 0.771. The van der Waals surface area contributed by atoms with Gasteiger partial charge in [-0.05, 0) is 43.9 Å². The third kappa shape index (κ3) is 6.77. The minimum atomic E-state index is 0.294. The lowest BCUT2D eigenvalue weighted by Crippen LogP contribution is -2.16. The first-order chi connectivity index (χ1) is 8.58. The summed E-state index contributed by atoms with van der Waals surface area (Å²) >= 11 is 0. The molecular weight excluding hydrogens is 222 g/mol. The fourth-order valence-corrected chi connectivity index (χ4v) is 1.64. The van der Waals surface area contributed by atoms with E-state index in [-0.39, 0.29) is 0 Å². The van der Waals surface area contributed by atoms with Crippen LogP contribution in [0.25, 0.3) is 0 Å². The zero-order valence-electron chi connectivity index (χ0n) is 12.2. The maximum Gasteiger partial charge on any atom is 0.0720 e. The molecular formula is C16H27NO. The summed E-state index contributed by atoms with van der Waals surface area (Å²) < 4.78 is 5.58. The topological polar surface area (TPSA) is 21.3 Å². The fraction of sp³-hybridized carbons (Fsp3) is 0.625. The Morgan fingerprint density at radius 3 is 2.17 bits per heavy atom. The van der Waals surface area contributed by atoms with Crippen LogP contribution in [0.2, 0.25) is 0 Å². The minimum Gasteiger partial charge on any atom is -0.374 e. The van der Waals surface area contributed by atoms with Gasteiger partial charge in [0, 0.05) is 6.54 Å². The maximum absolute atomic E-state index is 5.58. The molecule has 102 valence electrons. The molecule has 1 N–H and O–H groups in total. The first kappa shape index (κ1) is 15.2. The third-order valence-corrected chi connectivity index (χ3v) is 2.83. The van der Waals surface area contributed by atoms with Crippen molar-refractivity contribution >= 4 is 0 Å². The molecule has 0 fully saturated rings. The van der Waals surface area contributed by atoms with Crippen LogP contribution in [0.15, 0.2) is 24.3 Å². The van der Waals surface area contributed by atoms with Crippen molar-refractivity contribution in [2.24, 2.45) is 5.92 Å². The first-order valence-corrected chi connectivity index (χ1v) is 6.98. The second kappa shape index (κ2) is 8.28. The highest BCUT2D eigenvalue weighted by Gasteiger charge is 1.98. The molecule has 0 atom stereocenters. The second-order valence-corrected chi connectivity index (χ2v) is 5.54. The summed E-state index contributed by atoms with van der Waals surface area (Å²) in [6.07, 6.45) is 1.53. The van der Waals surface area contributed by atoms with E-state index >= 15 is 0 Å². The number of nitrogens with one attached hydrogen (secondary N) is 1. The van der Waals surface area contributed by atoms with Crippen molar-refractivity contribution < 1.29 is 4.74 Å². The normalized spacial score (nSPS) is 11.4. The van der Waals surface area contributed by atoms with Crippen LogP contribution in [-0.4, -0.2) is 12.6 Å². The van der Waals surface area contributed by atoms with Gasteiger partial charge in [0.25, 0.3) is 0 Å². The smallest absolute Gasteiger partial charge is 0.0720 e. The summed E-state index contributed by atoms with van der Waals surface area (Å²) in [4.78, 5) is 0. The highest BCUT2D eigenvalue weighted by molar-refractivity contribution is 5.21. The average molecular weight is 249 g/mol. The predicted octanol–water partition coefficient (Wildman–Crippen LogP) is 3.75. The van der Waals surface area contributed by atoms with E-state index in [0.717, 1.165) is 19.0 Å². The van der Waals surface area contributed by atoms with E-state index in [0.29, 0.717) is 12.7 Å². The van der Waals surface area contributed by atoms with Crippen molar-refractivity contribution in [3.63, 3.8) is 0 Å². The summed E-state index contributed by atoms with van der Waals surface area (Å²) in [5.41, 5.74) is 2.58. The van der Waals surface area contributed by atoms with Gasteiger partial charge < -0.3 is 10.1 Å². The first-order valence-electron chi connectivity index (χ1n) is 6.98. The lowest BCUT2D eigenvalue weighted by Gasteiger charge is -2.09. The summed E-state index contributed by atoms with van der Waals surface area (Å²) in [6, 6.07) is 8.67. The second-order valence-electron chi connectivity index (χ2n) is 5.54. The molecule has 0 unspecified atom stereocenters. The molecule has 1 aromatic carbocycles. The van der Waals surface area contributed by atoms with Gasteiger partial charge in [-0.15, -0.1) is 0 Å². The van der Waals surface area contributed by atoms with Gasteiger partial charge >= 0.3 is 0 Å². The molecule has 1 aromatic rings. The van der Waals surface area contributed by atoms with Gasteiger partial charge in [0.05, 0.1) is 12.7 Å². The molecule has 0 saturated heterocycles. The molecule has 0 aliphatic rings. The Balaban J connectivity index is 2.27. The van der Waals surface area contributed by atoms with E-state index < -0.39 is 0 Å². The van der Waals surface area contributed by atoms with Crippen LogP contribution < -0.4 is 5.32 Å². The van der Waals surface area contributed by atoms with Crippen LogP contribution >= 0.6 is 0 Å². The van der Waals surface area contributed by atoms with Crippen LogP contribution in [0.3, 0.4) is 0 Å². The lowest BCUT2D eigenvalue weighted by molar-refractivity contribution is 0.0657. The largest absolute Gasteiger partial charge is 0.374 e. The lowest BCUT2D eigenvalue weighted by atomic mass is 10.1. The Hall–Kier alpha value is -0.860. The van der Waals surface area contributed by atoms with E-state index in [4.69, 9.17) is 4.74 Å². The fourth-order valence-electron chi connectivity index (χ4n) is 1.64. The molecule has 2 heteroatoms. The van der Waals surface area contributed by atoms with Crippen LogP contribution in [0.1, 0.15) is 45.2 Å². The van der Waals surface area contributed by atoms with Crippen molar-refractivity contribution in [2.45, 2.75) is 53.4 Å². The van der Waals surface area contributed by atoms with E-state index in [9.17, 15) is 0 Å². The molecule has 0 aromatic heterocycles. The zero-order valence-corrected chi connectivity index (χ0v) is 12.2. The predicted molar refractivity (Wildman–Crippen MR) is 77.5 cm³/mol. The van der Waals surface area contributed by atoms with Crippen molar-refractivity contribution in [2.75, 3.05) is 6.54 Å². The monoisotopic (exact) mass is 249 g/mol. The minimum absolute atomic E-state index is 0.294. The Labute approximate surface area is 112 Å². The molecule has 0 saturated carbocycles. The zero-order chi connectivity index (χ0) is 13.4. The summed E-state index contributed by atoms with van der Waals surface area (Å²) in [5, 5.41) is 3.47. The van der Waals surface area contributed by atoms with E-state index in [1.165, 1.54) is 17.5 Å². The van der Waals surface area contributed by atoms with Gasteiger partial charge in [0.1, 0.15) is 0 Å². The number of ether oxygens (including phenoxy) is 1. The molecule has 0 heterocycles. The van der Waals surface area contributed by atoms with Gasteiger partial charge in [0.2, 0.25) is 0 Å². The van der Waals surface area contributed by atoms with Crippen molar-refractivity contribution in [1.82, 2.24) is 5.32 Å². The van der Waals surface area contributed by atoms with Gasteiger partial charge in [-0.2, -0.15) is 0 Å². The quantitative estimate of drug-likeness (QED) is 0.709. The average Bonchev–Trinajstić information content (AvgIpc) is 2.33. The van der Waals surface area contributed by atoms with Crippen LogP contribution in [0.4, 0.5) is 0 Å². The molecule has 0 bridgehead atoms. The number of benzene rings is 1. The number of hydrogen-bond acceptors (Lipinski definition) is 2. The van der Waals surface area contributed by atoms with E-state index in [1.807, 2.05) is 0 Å². The Morgan fingerprint density at radius 1 is 1.00 bits per heavy atom. The third-order valence-electron chi connectivity index (χ3n) is 2.83. The van der Waals surface area contributed by atoms with Crippen molar-refractivity contribution in [3.8, 4) is 0 Å². The van der Waals surface area contributed by atoms with Gasteiger partial charge in [-0.25, -0.2) is 0 Å². The molecule has 0 spiro atoms. The molecule has 2 nitrogen and oxygen atoms in total. The van der Waals surface area contributed by atoms with Crippen LogP contribution in [-0.2, 0) is 17.9 Å². The Bertz CT molecular complexity index is 316. The molecule has 0 amide bonds. The molecule has 0 aliphatic carbocycles. The van der Waals surface area contributed by atoms with Gasteiger partial charge in [0.15, 0.2) is 0 Å². The van der Waals surface area contributed by atoms with E-state index in [1.54, 1.807) is 0 Å². The highest BCUT2D eigenvalue weighted by Crippen LogP contribution is 2.07. The highest BCUT2D eigenvalue weighted by atomic mass is 16.5. The standard InChI is InChI=1S/C16H27NO/c1-13(2)9-10-17-11-15-5-7-16(8-6-15)12-18-14(3)4/h5-8,13-14,17H,9-12H2,1-4H3. The molecule has 1 rings (SSSR count). The van der Waals surface area contributed by atoms with Crippen LogP contribution in [0, 0.1) is 5.92 Å². The SMILES string of the molecule is CC(C)CCNCc1ccc(COC(C)C)cc1. The molecule has 18 heavy (non-hydrogen) atoms. The van der Waals surface area contributed by atoms with Crippen molar-refractivity contribution in [1.29, 1.82) is 0 Å². The van der Waals surface area contributed by atoms with Gasteiger partial charge in [-0.1, -0.05) is 38.1 Å². The summed E-state index contributed by atoms with van der Waals surface area (Å²) in [6.45, 7) is 11.4. The molecule has 0 radical (unpaired) electrons. The maximum atomic E-state index is 5.58. The number of hydrogen-bond donors (Lipinski definition) is 1. The summed E-state index contributed by atoms with van der Waals surface area (Å²) in [7, 11) is 0. The Kier molecular flexibility index (Phi) is 6.99. The van der Waals surface area contributed by atoms with Crippen molar-refractivity contribution in [3.05, 3.63) is 35.4 Å². The number of rotatable bonds is 8. The van der Waals surface area contributed by atoms with Crippen LogP contribution in [0.5, 0.6) is 0 Å². The van der Waals surface area contributed by atoms with Gasteiger partial charge in [-0.3, -0.25) is 0 Å².